The Labute approximate surface area is 192 Å². The Hall–Kier alpha value is -4.33. The molecule has 0 heterocycles. The summed E-state index contributed by atoms with van der Waals surface area (Å²) in [6, 6.07) is 22.0. The first-order valence-electron chi connectivity index (χ1n) is 10.6. The van der Waals surface area contributed by atoms with Crippen molar-refractivity contribution in [2.24, 2.45) is 0 Å². The largest absolute Gasteiger partial charge is 0.494 e. The molecule has 0 aromatic heterocycles. The average Bonchev–Trinajstić information content (AvgIpc) is 2.84. The second kappa shape index (κ2) is 11.9. The molecule has 0 bridgehead atoms. The maximum atomic E-state index is 12.3. The molecule has 3 rings (SSSR count). The lowest BCUT2D eigenvalue weighted by molar-refractivity contribution is 0.0927. The monoisotopic (exact) mass is 446 g/mol. The summed E-state index contributed by atoms with van der Waals surface area (Å²) in [5, 5.41) is 10.9. The molecule has 0 aliphatic heterocycles. The van der Waals surface area contributed by atoms with E-state index < -0.39 is 6.03 Å². The summed E-state index contributed by atoms with van der Waals surface area (Å²) >= 11 is 0. The van der Waals surface area contributed by atoms with Gasteiger partial charge in [0.1, 0.15) is 5.75 Å². The van der Waals surface area contributed by atoms with E-state index in [-0.39, 0.29) is 11.8 Å². The van der Waals surface area contributed by atoms with Crippen molar-refractivity contribution in [2.75, 3.05) is 30.3 Å². The molecular formula is C25H26N4O4. The third-order valence-electron chi connectivity index (χ3n) is 4.56. The lowest BCUT2D eigenvalue weighted by Gasteiger charge is -2.10. The highest BCUT2D eigenvalue weighted by molar-refractivity contribution is 6.00. The van der Waals surface area contributed by atoms with E-state index in [1.165, 1.54) is 0 Å². The highest BCUT2D eigenvalue weighted by atomic mass is 16.5. The molecular weight excluding hydrogens is 420 g/mol. The van der Waals surface area contributed by atoms with Crippen LogP contribution in [0.15, 0.2) is 78.9 Å². The van der Waals surface area contributed by atoms with Gasteiger partial charge in [0, 0.05) is 35.6 Å². The molecule has 8 nitrogen and oxygen atoms in total. The first-order chi connectivity index (χ1) is 16.0. The van der Waals surface area contributed by atoms with Crippen molar-refractivity contribution in [1.29, 1.82) is 0 Å². The van der Waals surface area contributed by atoms with E-state index in [2.05, 4.69) is 21.3 Å². The van der Waals surface area contributed by atoms with Gasteiger partial charge in [0.15, 0.2) is 0 Å². The molecule has 4 amide bonds. The van der Waals surface area contributed by atoms with Crippen LogP contribution in [0.2, 0.25) is 0 Å². The number of hydrogen-bond acceptors (Lipinski definition) is 4. The number of urea groups is 1. The molecule has 0 saturated carbocycles. The van der Waals surface area contributed by atoms with Gasteiger partial charge in [0.25, 0.3) is 11.8 Å². The lowest BCUT2D eigenvalue weighted by Crippen LogP contribution is -2.34. The number of benzene rings is 3. The van der Waals surface area contributed by atoms with Crippen LogP contribution >= 0.6 is 0 Å². The zero-order valence-electron chi connectivity index (χ0n) is 18.3. The van der Waals surface area contributed by atoms with Crippen LogP contribution in [0.5, 0.6) is 5.75 Å². The van der Waals surface area contributed by atoms with Gasteiger partial charge in [0.05, 0.1) is 6.61 Å². The predicted molar refractivity (Wildman–Crippen MR) is 128 cm³/mol. The molecule has 0 radical (unpaired) electrons. The number of hydrogen-bond donors (Lipinski definition) is 4. The summed E-state index contributed by atoms with van der Waals surface area (Å²) in [4.78, 5) is 36.4. The maximum absolute atomic E-state index is 12.3. The van der Waals surface area contributed by atoms with Gasteiger partial charge in [-0.3, -0.25) is 9.59 Å². The average molecular weight is 447 g/mol. The van der Waals surface area contributed by atoms with Crippen molar-refractivity contribution in [1.82, 2.24) is 10.6 Å². The highest BCUT2D eigenvalue weighted by Gasteiger charge is 2.08. The topological polar surface area (TPSA) is 109 Å². The highest BCUT2D eigenvalue weighted by Crippen LogP contribution is 2.16. The molecule has 0 aliphatic carbocycles. The first-order valence-corrected chi connectivity index (χ1v) is 10.6. The van der Waals surface area contributed by atoms with E-state index in [0.29, 0.717) is 42.2 Å². The van der Waals surface area contributed by atoms with Crippen LogP contribution in [0.1, 0.15) is 27.6 Å². The van der Waals surface area contributed by atoms with Gasteiger partial charge in [-0.2, -0.15) is 0 Å². The van der Waals surface area contributed by atoms with Crippen LogP contribution < -0.4 is 26.0 Å². The Bertz CT molecular complexity index is 1070. The summed E-state index contributed by atoms with van der Waals surface area (Å²) in [6.45, 7) is 3.08. The van der Waals surface area contributed by atoms with Crippen molar-refractivity contribution in [2.45, 2.75) is 6.92 Å². The molecule has 0 fully saturated rings. The van der Waals surface area contributed by atoms with Crippen molar-refractivity contribution in [3.05, 3.63) is 90.0 Å². The van der Waals surface area contributed by atoms with Crippen LogP contribution in [-0.4, -0.2) is 37.5 Å². The summed E-state index contributed by atoms with van der Waals surface area (Å²) in [6.07, 6.45) is 0. The third-order valence-corrected chi connectivity index (χ3v) is 4.56. The molecule has 170 valence electrons. The van der Waals surface area contributed by atoms with Crippen LogP contribution in [0, 0.1) is 0 Å². The van der Waals surface area contributed by atoms with Gasteiger partial charge in [-0.05, 0) is 67.6 Å². The summed E-state index contributed by atoms with van der Waals surface area (Å²) in [5.41, 5.74) is 2.19. The fraction of sp³-hybridized carbons (Fsp3) is 0.160. The van der Waals surface area contributed by atoms with Gasteiger partial charge < -0.3 is 26.0 Å². The molecule has 3 aromatic rings. The van der Waals surface area contributed by atoms with E-state index >= 15 is 0 Å². The summed E-state index contributed by atoms with van der Waals surface area (Å²) in [5.74, 6) is 0.272. The molecule has 0 spiro atoms. The Morgan fingerprint density at radius 3 is 1.67 bits per heavy atom. The Morgan fingerprint density at radius 1 is 0.667 bits per heavy atom. The summed E-state index contributed by atoms with van der Waals surface area (Å²) in [7, 11) is 0. The minimum atomic E-state index is -0.398. The number of anilines is 2. The molecule has 0 aliphatic rings. The zero-order chi connectivity index (χ0) is 23.5. The van der Waals surface area contributed by atoms with E-state index in [4.69, 9.17) is 4.74 Å². The predicted octanol–water partition coefficient (Wildman–Crippen LogP) is 3.89. The minimum Gasteiger partial charge on any atom is -0.494 e. The van der Waals surface area contributed by atoms with Crippen LogP contribution in [0.4, 0.5) is 16.2 Å². The van der Waals surface area contributed by atoms with Crippen molar-refractivity contribution >= 4 is 29.2 Å². The van der Waals surface area contributed by atoms with Crippen molar-refractivity contribution in [3.8, 4) is 5.75 Å². The second-order valence-corrected chi connectivity index (χ2v) is 6.99. The third kappa shape index (κ3) is 7.39. The summed E-state index contributed by atoms with van der Waals surface area (Å²) < 4.78 is 5.37. The first kappa shape index (κ1) is 23.3. The Morgan fingerprint density at radius 2 is 1.15 bits per heavy atom. The van der Waals surface area contributed by atoms with Gasteiger partial charge in [-0.1, -0.05) is 18.2 Å². The number of ether oxygens (including phenoxy) is 1. The quantitative estimate of drug-likeness (QED) is 0.374. The minimum absolute atomic E-state index is 0.191. The van der Waals surface area contributed by atoms with Crippen molar-refractivity contribution in [3.63, 3.8) is 0 Å². The molecule has 33 heavy (non-hydrogen) atoms. The normalized spacial score (nSPS) is 10.1. The van der Waals surface area contributed by atoms with Crippen LogP contribution in [-0.2, 0) is 0 Å². The van der Waals surface area contributed by atoms with Crippen molar-refractivity contribution < 1.29 is 19.1 Å². The second-order valence-electron chi connectivity index (χ2n) is 6.99. The standard InChI is InChI=1S/C25H26N4O4/c1-2-33-22-14-12-21(13-15-22)29-25(32)28-20-10-8-19(9-11-20)24(31)27-17-16-26-23(30)18-6-4-3-5-7-18/h3-15H,2,16-17H2,1H3,(H,26,30)(H,27,31)(H2,28,29,32). The maximum Gasteiger partial charge on any atom is 0.323 e. The lowest BCUT2D eigenvalue weighted by atomic mass is 10.2. The Balaban J connectivity index is 1.41. The van der Waals surface area contributed by atoms with E-state index in [1.54, 1.807) is 72.8 Å². The number of rotatable bonds is 9. The number of carbonyl (C=O) groups is 3. The molecule has 0 saturated heterocycles. The molecule has 8 heteroatoms. The van der Waals surface area contributed by atoms with Gasteiger partial charge >= 0.3 is 6.03 Å². The van der Waals surface area contributed by atoms with E-state index in [1.807, 2.05) is 13.0 Å². The fourth-order valence-electron chi connectivity index (χ4n) is 2.95. The fourth-order valence-corrected chi connectivity index (χ4v) is 2.95. The number of carbonyl (C=O) groups excluding carboxylic acids is 3. The number of amides is 4. The van der Waals surface area contributed by atoms with Gasteiger partial charge in [0.2, 0.25) is 0 Å². The molecule has 0 unspecified atom stereocenters. The molecule has 3 aromatic carbocycles. The van der Waals surface area contributed by atoms with Gasteiger partial charge in [-0.15, -0.1) is 0 Å². The van der Waals surface area contributed by atoms with E-state index in [9.17, 15) is 14.4 Å². The smallest absolute Gasteiger partial charge is 0.323 e. The Kier molecular flexibility index (Phi) is 8.41. The van der Waals surface area contributed by atoms with E-state index in [0.717, 1.165) is 5.75 Å². The molecule has 0 atom stereocenters. The molecule has 4 N–H and O–H groups in total. The SMILES string of the molecule is CCOc1ccc(NC(=O)Nc2ccc(C(=O)NCCNC(=O)c3ccccc3)cc2)cc1. The van der Waals surface area contributed by atoms with Gasteiger partial charge in [-0.25, -0.2) is 4.79 Å². The number of nitrogens with one attached hydrogen (secondary N) is 4. The zero-order valence-corrected chi connectivity index (χ0v) is 18.3. The van der Waals surface area contributed by atoms with Crippen LogP contribution in [0.25, 0.3) is 0 Å². The van der Waals surface area contributed by atoms with Crippen LogP contribution in [0.3, 0.4) is 0 Å².